The summed E-state index contributed by atoms with van der Waals surface area (Å²) in [6.07, 6.45) is 0.945. The zero-order valence-corrected chi connectivity index (χ0v) is 23.3. The Labute approximate surface area is 220 Å². The second-order valence-electron chi connectivity index (χ2n) is 10.4. The molecule has 0 aliphatic carbocycles. The molecule has 7 nitrogen and oxygen atoms in total. The highest BCUT2D eigenvalue weighted by Gasteiger charge is 2.36. The molecule has 0 aliphatic heterocycles. The summed E-state index contributed by atoms with van der Waals surface area (Å²) in [5, 5.41) is 13.2. The molecule has 0 radical (unpaired) electrons. The number of carbonyl (C=O) groups excluding carboxylic acids is 1. The first kappa shape index (κ1) is 27.8. The van der Waals surface area contributed by atoms with Gasteiger partial charge in [-0.3, -0.25) is 4.79 Å². The number of nitrogens with zero attached hydrogens (tertiary/aromatic N) is 4. The first-order valence-corrected chi connectivity index (χ1v) is 12.8. The molecule has 2 atom stereocenters. The molecule has 0 N–H and O–H groups in total. The van der Waals surface area contributed by atoms with Crippen molar-refractivity contribution in [1.29, 1.82) is 0 Å². The summed E-state index contributed by atoms with van der Waals surface area (Å²) in [5.74, 6) is -0.210. The normalized spacial score (nSPS) is 13.5. The molecule has 194 valence electrons. The lowest BCUT2D eigenvalue weighted by Gasteiger charge is -2.29. The monoisotopic (exact) mass is 560 g/mol. The molecule has 1 heterocycles. The number of ether oxygens (including phenoxy) is 2. The Balaban J connectivity index is 1.96. The molecular formula is C27H34BrFN4O3. The number of hydrogen-bond donors (Lipinski definition) is 0. The highest BCUT2D eigenvalue weighted by Crippen LogP contribution is 2.34. The second kappa shape index (κ2) is 12.0. The summed E-state index contributed by atoms with van der Waals surface area (Å²) >= 11 is 3.21. The smallest absolute Gasteiger partial charge is 0.310 e. The van der Waals surface area contributed by atoms with Gasteiger partial charge in [0.15, 0.2) is 5.82 Å². The predicted octanol–water partition coefficient (Wildman–Crippen LogP) is 5.96. The highest BCUT2D eigenvalue weighted by molar-refractivity contribution is 9.10. The minimum absolute atomic E-state index is 0.223. The number of methoxy groups -OCH3 is 1. The van der Waals surface area contributed by atoms with Crippen molar-refractivity contribution in [2.75, 3.05) is 7.11 Å². The van der Waals surface area contributed by atoms with E-state index in [0.29, 0.717) is 29.7 Å². The number of esters is 1. The van der Waals surface area contributed by atoms with E-state index in [2.05, 4.69) is 45.2 Å². The lowest BCUT2D eigenvalue weighted by Crippen LogP contribution is -2.34. The van der Waals surface area contributed by atoms with Crippen LogP contribution in [0.2, 0.25) is 0 Å². The number of benzene rings is 2. The van der Waals surface area contributed by atoms with Crippen LogP contribution in [-0.2, 0) is 22.5 Å². The van der Waals surface area contributed by atoms with Gasteiger partial charge in [0.1, 0.15) is 17.2 Å². The number of halogens is 2. The second-order valence-corrected chi connectivity index (χ2v) is 11.2. The first-order chi connectivity index (χ1) is 16.9. The van der Waals surface area contributed by atoms with Gasteiger partial charge in [-0.05, 0) is 96.1 Å². The van der Waals surface area contributed by atoms with Gasteiger partial charge in [0.2, 0.25) is 0 Å². The Kier molecular flexibility index (Phi) is 9.22. The molecule has 0 spiro atoms. The fourth-order valence-electron chi connectivity index (χ4n) is 4.01. The maximum absolute atomic E-state index is 14.3. The summed E-state index contributed by atoms with van der Waals surface area (Å²) in [6, 6.07) is 12.6. The zero-order chi connectivity index (χ0) is 26.5. The van der Waals surface area contributed by atoms with Crippen LogP contribution in [0.3, 0.4) is 0 Å². The van der Waals surface area contributed by atoms with Gasteiger partial charge in [-0.25, -0.2) is 4.39 Å². The Morgan fingerprint density at radius 3 is 2.36 bits per heavy atom. The van der Waals surface area contributed by atoms with E-state index in [0.717, 1.165) is 16.9 Å². The van der Waals surface area contributed by atoms with Crippen LogP contribution in [0.15, 0.2) is 46.9 Å². The molecule has 3 aromatic rings. The van der Waals surface area contributed by atoms with Gasteiger partial charge in [0, 0.05) is 5.92 Å². The molecule has 36 heavy (non-hydrogen) atoms. The van der Waals surface area contributed by atoms with Crippen LogP contribution in [0.1, 0.15) is 63.9 Å². The van der Waals surface area contributed by atoms with E-state index >= 15 is 0 Å². The number of carbonyl (C=O) groups is 1. The topological polar surface area (TPSA) is 79.1 Å². The van der Waals surface area contributed by atoms with E-state index in [1.165, 1.54) is 10.9 Å². The largest absolute Gasteiger partial charge is 0.497 e. The summed E-state index contributed by atoms with van der Waals surface area (Å²) < 4.78 is 25.7. The van der Waals surface area contributed by atoms with Crippen LogP contribution in [0.4, 0.5) is 4.39 Å². The molecule has 1 unspecified atom stereocenters. The Bertz CT molecular complexity index is 1160. The van der Waals surface area contributed by atoms with Crippen molar-refractivity contribution >= 4 is 21.9 Å². The lowest BCUT2D eigenvalue weighted by molar-refractivity contribution is -0.161. The molecule has 0 aliphatic rings. The highest BCUT2D eigenvalue weighted by atomic mass is 79.9. The van der Waals surface area contributed by atoms with Gasteiger partial charge in [-0.15, -0.1) is 10.2 Å². The van der Waals surface area contributed by atoms with E-state index in [1.807, 2.05) is 51.1 Å². The van der Waals surface area contributed by atoms with Crippen molar-refractivity contribution in [2.24, 2.45) is 11.8 Å². The van der Waals surface area contributed by atoms with Crippen LogP contribution >= 0.6 is 15.9 Å². The molecule has 0 fully saturated rings. The third-order valence-corrected chi connectivity index (χ3v) is 6.29. The van der Waals surface area contributed by atoms with Crippen molar-refractivity contribution in [2.45, 2.75) is 65.5 Å². The van der Waals surface area contributed by atoms with Crippen molar-refractivity contribution in [3.8, 4) is 5.75 Å². The van der Waals surface area contributed by atoms with Crippen molar-refractivity contribution in [3.05, 3.63) is 69.7 Å². The van der Waals surface area contributed by atoms with Crippen molar-refractivity contribution in [1.82, 2.24) is 20.2 Å². The van der Waals surface area contributed by atoms with E-state index < -0.39 is 17.4 Å². The fourth-order valence-corrected chi connectivity index (χ4v) is 4.26. The quantitative estimate of drug-likeness (QED) is 0.284. The summed E-state index contributed by atoms with van der Waals surface area (Å²) in [6.45, 7) is 10.1. The van der Waals surface area contributed by atoms with Crippen LogP contribution in [-0.4, -0.2) is 38.9 Å². The average Bonchev–Trinajstić information content (AvgIpc) is 3.26. The molecule has 9 heteroatoms. The van der Waals surface area contributed by atoms with Gasteiger partial charge in [0.05, 0.1) is 24.0 Å². The molecule has 3 rings (SSSR count). The predicted molar refractivity (Wildman–Crippen MR) is 139 cm³/mol. The SMILES string of the molecule is COc1ccc(Cn2nnc([C@@H](Cc3ccc(Br)c(F)c3)C(CC(C)C)C(=O)OC(C)(C)C)n2)cc1. The van der Waals surface area contributed by atoms with Gasteiger partial charge in [-0.1, -0.05) is 32.0 Å². The van der Waals surface area contributed by atoms with E-state index in [4.69, 9.17) is 9.47 Å². The Hall–Kier alpha value is -2.81. The minimum Gasteiger partial charge on any atom is -0.497 e. The lowest BCUT2D eigenvalue weighted by atomic mass is 9.81. The van der Waals surface area contributed by atoms with Gasteiger partial charge >= 0.3 is 5.97 Å². The van der Waals surface area contributed by atoms with E-state index in [9.17, 15) is 9.18 Å². The van der Waals surface area contributed by atoms with Crippen LogP contribution in [0, 0.1) is 17.7 Å². The molecular weight excluding hydrogens is 527 g/mol. The third kappa shape index (κ3) is 7.85. The summed E-state index contributed by atoms with van der Waals surface area (Å²) in [5.41, 5.74) is 1.08. The maximum atomic E-state index is 14.3. The first-order valence-electron chi connectivity index (χ1n) is 12.0. The number of aromatic nitrogens is 4. The standard InChI is InChI=1S/C27H34BrFN4O3/c1-17(2)13-22(26(34)36-27(3,4)5)21(14-19-9-12-23(28)24(29)15-19)25-30-32-33(31-25)16-18-7-10-20(35-6)11-8-18/h7-12,15,17,21-22H,13-14,16H2,1-6H3/t21-,22?/m0/s1. The molecule has 0 saturated heterocycles. The van der Waals surface area contributed by atoms with Gasteiger partial charge in [-0.2, -0.15) is 4.80 Å². The fraction of sp³-hybridized carbons (Fsp3) is 0.481. The molecule has 0 saturated carbocycles. The van der Waals surface area contributed by atoms with E-state index in [-0.39, 0.29) is 17.7 Å². The Morgan fingerprint density at radius 2 is 1.78 bits per heavy atom. The average molecular weight is 561 g/mol. The molecule has 0 amide bonds. The van der Waals surface area contributed by atoms with Crippen molar-refractivity contribution in [3.63, 3.8) is 0 Å². The number of rotatable bonds is 10. The van der Waals surface area contributed by atoms with Crippen LogP contribution < -0.4 is 4.74 Å². The third-order valence-electron chi connectivity index (χ3n) is 5.64. The van der Waals surface area contributed by atoms with Crippen LogP contribution in [0.25, 0.3) is 0 Å². The number of tetrazole rings is 1. The summed E-state index contributed by atoms with van der Waals surface area (Å²) in [7, 11) is 1.62. The van der Waals surface area contributed by atoms with Gasteiger partial charge in [0.25, 0.3) is 0 Å². The maximum Gasteiger partial charge on any atom is 0.310 e. The number of hydrogen-bond acceptors (Lipinski definition) is 6. The van der Waals surface area contributed by atoms with Crippen LogP contribution in [0.5, 0.6) is 5.75 Å². The minimum atomic E-state index is -0.639. The molecule has 0 bridgehead atoms. The van der Waals surface area contributed by atoms with Crippen molar-refractivity contribution < 1.29 is 18.7 Å². The zero-order valence-electron chi connectivity index (χ0n) is 21.7. The summed E-state index contributed by atoms with van der Waals surface area (Å²) in [4.78, 5) is 14.9. The van der Waals surface area contributed by atoms with Gasteiger partial charge < -0.3 is 9.47 Å². The van der Waals surface area contributed by atoms with E-state index in [1.54, 1.807) is 13.2 Å². The molecule has 2 aromatic carbocycles. The Morgan fingerprint density at radius 1 is 1.11 bits per heavy atom. The molecule has 1 aromatic heterocycles.